The average Bonchev–Trinajstić information content (AvgIpc) is 3.64. The van der Waals surface area contributed by atoms with Gasteiger partial charge in [-0.05, 0) is 52.4 Å². The second-order valence-electron chi connectivity index (χ2n) is 10.9. The first-order chi connectivity index (χ1) is 19.7. The molecule has 0 spiro atoms. The third kappa shape index (κ3) is 8.65. The number of hydrogen-bond donors (Lipinski definition) is 3. The van der Waals surface area contributed by atoms with Crippen molar-refractivity contribution >= 4 is 50.7 Å². The maximum absolute atomic E-state index is 13.5. The summed E-state index contributed by atoms with van der Waals surface area (Å²) in [6, 6.07) is 4.31. The lowest BCUT2D eigenvalue weighted by Crippen LogP contribution is -2.56. The van der Waals surface area contributed by atoms with Gasteiger partial charge in [0.2, 0.25) is 17.7 Å². The molecule has 3 amide bonds. The van der Waals surface area contributed by atoms with E-state index < -0.39 is 12.1 Å². The molecule has 1 fully saturated rings. The van der Waals surface area contributed by atoms with Crippen LogP contribution in [0.25, 0.3) is 0 Å². The van der Waals surface area contributed by atoms with E-state index in [9.17, 15) is 14.4 Å². The van der Waals surface area contributed by atoms with E-state index >= 15 is 0 Å². The highest BCUT2D eigenvalue weighted by Crippen LogP contribution is 2.34. The van der Waals surface area contributed by atoms with Crippen molar-refractivity contribution in [2.45, 2.75) is 64.6 Å². The summed E-state index contributed by atoms with van der Waals surface area (Å²) in [6.45, 7) is 6.40. The van der Waals surface area contributed by atoms with E-state index in [2.05, 4.69) is 41.8 Å². The molecule has 41 heavy (non-hydrogen) atoms. The van der Waals surface area contributed by atoms with Gasteiger partial charge in [-0.15, -0.1) is 11.3 Å². The molecule has 2 aromatic rings. The van der Waals surface area contributed by atoms with Crippen molar-refractivity contribution in [3.63, 3.8) is 0 Å². The molecule has 12 heteroatoms. The van der Waals surface area contributed by atoms with Crippen molar-refractivity contribution in [1.29, 1.82) is 0 Å². The maximum atomic E-state index is 13.5. The topological polar surface area (TPSA) is 122 Å². The fraction of sp³-hybridized carbons (Fsp3) is 0.586. The summed E-state index contributed by atoms with van der Waals surface area (Å²) in [5.41, 5.74) is 0.907. The summed E-state index contributed by atoms with van der Waals surface area (Å²) < 4.78 is 11.6. The molecular formula is C29H40BrN5O5S. The number of carbonyl (C=O) groups excluding carboxylic acids is 3. The van der Waals surface area contributed by atoms with Crippen LogP contribution in [-0.2, 0) is 20.9 Å². The molecule has 2 aromatic heterocycles. The van der Waals surface area contributed by atoms with Crippen molar-refractivity contribution in [1.82, 2.24) is 20.9 Å². The minimum absolute atomic E-state index is 0.120. The van der Waals surface area contributed by atoms with Gasteiger partial charge in [-0.1, -0.05) is 39.5 Å². The predicted molar refractivity (Wildman–Crippen MR) is 162 cm³/mol. The van der Waals surface area contributed by atoms with Crippen molar-refractivity contribution in [2.75, 3.05) is 38.3 Å². The molecule has 3 heterocycles. The Morgan fingerprint density at radius 3 is 2.71 bits per heavy atom. The first kappa shape index (κ1) is 31.2. The molecule has 1 aliphatic carbocycles. The number of hydrogen-bond acceptors (Lipinski definition) is 8. The van der Waals surface area contributed by atoms with Crippen LogP contribution in [0.15, 0.2) is 28.9 Å². The van der Waals surface area contributed by atoms with Crippen LogP contribution in [0.2, 0.25) is 0 Å². The highest BCUT2D eigenvalue weighted by Gasteiger charge is 2.31. The van der Waals surface area contributed by atoms with E-state index in [1.165, 1.54) is 11.3 Å². The average molecular weight is 651 g/mol. The zero-order chi connectivity index (χ0) is 29.4. The van der Waals surface area contributed by atoms with Crippen LogP contribution in [0, 0.1) is 11.8 Å². The number of fused-ring (bicyclic) bond motifs is 1. The van der Waals surface area contributed by atoms with Crippen molar-refractivity contribution in [3.8, 4) is 5.88 Å². The van der Waals surface area contributed by atoms with E-state index in [0.29, 0.717) is 55.9 Å². The molecule has 1 saturated carbocycles. The number of pyridine rings is 1. The fourth-order valence-electron chi connectivity index (χ4n) is 5.28. The third-order valence-electron chi connectivity index (χ3n) is 7.49. The fourth-order valence-corrected chi connectivity index (χ4v) is 6.53. The Kier molecular flexibility index (Phi) is 11.4. The highest BCUT2D eigenvalue weighted by atomic mass is 79.9. The van der Waals surface area contributed by atoms with Gasteiger partial charge in [0, 0.05) is 29.2 Å². The molecule has 1 aliphatic heterocycles. The van der Waals surface area contributed by atoms with Crippen LogP contribution >= 0.6 is 27.3 Å². The summed E-state index contributed by atoms with van der Waals surface area (Å²) >= 11 is 4.89. The van der Waals surface area contributed by atoms with Crippen molar-refractivity contribution in [3.05, 3.63) is 38.6 Å². The molecule has 10 nitrogen and oxygen atoms in total. The Bertz CT molecular complexity index is 1200. The van der Waals surface area contributed by atoms with Crippen LogP contribution in [0.3, 0.4) is 0 Å². The van der Waals surface area contributed by atoms with E-state index in [1.807, 2.05) is 26.0 Å². The number of ether oxygens (including phenoxy) is 2. The van der Waals surface area contributed by atoms with Gasteiger partial charge in [-0.3, -0.25) is 14.4 Å². The van der Waals surface area contributed by atoms with Crippen LogP contribution in [-0.4, -0.2) is 68.2 Å². The summed E-state index contributed by atoms with van der Waals surface area (Å²) in [5.74, 6) is -0.0203. The largest absolute Gasteiger partial charge is 0.474 e. The number of thiophene rings is 1. The quantitative estimate of drug-likeness (QED) is 0.282. The Balaban J connectivity index is 1.42. The summed E-state index contributed by atoms with van der Waals surface area (Å²) in [5, 5.41) is 8.72. The Labute approximate surface area is 254 Å². The van der Waals surface area contributed by atoms with Gasteiger partial charge in [0.15, 0.2) is 0 Å². The van der Waals surface area contributed by atoms with Gasteiger partial charge in [-0.2, -0.15) is 0 Å². The maximum Gasteiger partial charge on any atom is 0.262 e. The minimum Gasteiger partial charge on any atom is -0.474 e. The number of carbonyl (C=O) groups is 3. The predicted octanol–water partition coefficient (Wildman–Crippen LogP) is 3.89. The molecule has 3 N–H and O–H groups in total. The third-order valence-corrected chi connectivity index (χ3v) is 8.99. The lowest BCUT2D eigenvalue weighted by molar-refractivity contribution is -0.131. The van der Waals surface area contributed by atoms with E-state index in [0.717, 1.165) is 40.7 Å². The first-order valence-corrected chi connectivity index (χ1v) is 15.9. The smallest absolute Gasteiger partial charge is 0.262 e. The first-order valence-electron chi connectivity index (χ1n) is 14.2. The summed E-state index contributed by atoms with van der Waals surface area (Å²) in [6.07, 6.45) is 6.62. The standard InChI is InChI=1S/C29H40BrN5O5S/c1-18(2)25(28(38)31-10-12-39-3)34-26(36)22(14-19-6-4-5-7-19)33-27(37)24-9-8-21(41-24)17-35-11-13-40-29-23(35)15-20(30)16-32-29/h8-9,15-16,18-19,22,25H,4-7,10-14,17H2,1-3H3,(H,31,38)(H,33,37)(H,34,36)/t22?,25-/m0/s1. The molecule has 0 bridgehead atoms. The van der Waals surface area contributed by atoms with Crippen molar-refractivity contribution in [2.24, 2.45) is 11.8 Å². The normalized spacial score (nSPS) is 16.6. The van der Waals surface area contributed by atoms with Crippen LogP contribution in [0.5, 0.6) is 5.88 Å². The molecule has 0 aromatic carbocycles. The van der Waals surface area contributed by atoms with Crippen molar-refractivity contribution < 1.29 is 23.9 Å². The zero-order valence-electron chi connectivity index (χ0n) is 23.9. The lowest BCUT2D eigenvalue weighted by atomic mass is 9.96. The molecule has 2 aliphatic rings. The number of methoxy groups -OCH3 is 1. The lowest BCUT2D eigenvalue weighted by Gasteiger charge is -2.30. The number of nitrogens with one attached hydrogen (secondary N) is 3. The number of anilines is 1. The number of aromatic nitrogens is 1. The second-order valence-corrected chi connectivity index (χ2v) is 13.0. The second kappa shape index (κ2) is 15.0. The molecule has 2 atom stereocenters. The van der Waals surface area contributed by atoms with E-state index in [1.54, 1.807) is 19.4 Å². The van der Waals surface area contributed by atoms with Gasteiger partial charge in [0.25, 0.3) is 5.91 Å². The van der Waals surface area contributed by atoms with Crippen LogP contribution in [0.4, 0.5) is 5.69 Å². The van der Waals surface area contributed by atoms with Gasteiger partial charge < -0.3 is 30.3 Å². The van der Waals surface area contributed by atoms with E-state index in [4.69, 9.17) is 9.47 Å². The Morgan fingerprint density at radius 1 is 1.20 bits per heavy atom. The van der Waals surface area contributed by atoms with Gasteiger partial charge in [0.1, 0.15) is 24.4 Å². The van der Waals surface area contributed by atoms with E-state index in [-0.39, 0.29) is 23.6 Å². The number of halogens is 1. The molecule has 1 unspecified atom stereocenters. The molecule has 224 valence electrons. The number of amides is 3. The minimum atomic E-state index is -0.723. The summed E-state index contributed by atoms with van der Waals surface area (Å²) in [7, 11) is 1.57. The number of rotatable bonds is 13. The molecule has 0 saturated heterocycles. The Morgan fingerprint density at radius 2 is 1.98 bits per heavy atom. The Hall–Kier alpha value is -2.70. The molecule has 0 radical (unpaired) electrons. The number of nitrogens with zero attached hydrogens (tertiary/aromatic N) is 2. The van der Waals surface area contributed by atoms with Gasteiger partial charge in [-0.25, -0.2) is 4.98 Å². The van der Waals surface area contributed by atoms with Crippen LogP contribution < -0.4 is 25.6 Å². The molecule has 4 rings (SSSR count). The van der Waals surface area contributed by atoms with Crippen LogP contribution in [0.1, 0.15) is 60.5 Å². The molecular weight excluding hydrogens is 610 g/mol. The SMILES string of the molecule is COCCNC(=O)[C@@H](NC(=O)C(CC1CCCC1)NC(=O)c1ccc(CN2CCOc3ncc(Br)cc32)s1)C(C)C. The highest BCUT2D eigenvalue weighted by molar-refractivity contribution is 9.10. The zero-order valence-corrected chi connectivity index (χ0v) is 26.3. The summed E-state index contributed by atoms with van der Waals surface area (Å²) in [4.78, 5) is 47.8. The van der Waals surface area contributed by atoms with Gasteiger partial charge in [0.05, 0.1) is 24.6 Å². The monoisotopic (exact) mass is 649 g/mol. The van der Waals surface area contributed by atoms with Gasteiger partial charge >= 0.3 is 0 Å².